The van der Waals surface area contributed by atoms with Crippen LogP contribution in [0.5, 0.6) is 5.75 Å². The lowest BCUT2D eigenvalue weighted by atomic mass is 10.1. The summed E-state index contributed by atoms with van der Waals surface area (Å²) in [7, 11) is 1.52. The minimum Gasteiger partial charge on any atom is -0.495 e. The van der Waals surface area contributed by atoms with Gasteiger partial charge in [0, 0.05) is 5.69 Å². The summed E-state index contributed by atoms with van der Waals surface area (Å²) in [5, 5.41) is 0. The molecule has 1 aliphatic carbocycles. The fourth-order valence-electron chi connectivity index (χ4n) is 2.99. The number of hydrogen-bond donors (Lipinski definition) is 1. The maximum absolute atomic E-state index is 12.4. The van der Waals surface area contributed by atoms with Crippen molar-refractivity contribution in [1.82, 2.24) is 0 Å². The van der Waals surface area contributed by atoms with Crippen molar-refractivity contribution in [3.63, 3.8) is 0 Å². The Labute approximate surface area is 134 Å². The number of para-hydroxylation sites is 2. The Morgan fingerprint density at radius 1 is 1.09 bits per heavy atom. The minimum atomic E-state index is -1.00. The molecule has 0 bridgehead atoms. The summed E-state index contributed by atoms with van der Waals surface area (Å²) in [6, 6.07) is 12.9. The summed E-state index contributed by atoms with van der Waals surface area (Å²) in [5.74, 6) is -1.29. The van der Waals surface area contributed by atoms with Crippen molar-refractivity contribution in [2.75, 3.05) is 12.0 Å². The highest BCUT2D eigenvalue weighted by molar-refractivity contribution is 6.41. The fraction of sp³-hybridized carbons (Fsp3) is 0.222. The van der Waals surface area contributed by atoms with Gasteiger partial charge in [-0.05, 0) is 54.7 Å². The van der Waals surface area contributed by atoms with Crippen molar-refractivity contribution < 1.29 is 14.3 Å². The van der Waals surface area contributed by atoms with E-state index in [9.17, 15) is 9.59 Å². The van der Waals surface area contributed by atoms with Crippen LogP contribution in [0, 0.1) is 0 Å². The highest BCUT2D eigenvalue weighted by Gasteiger charge is 2.26. The van der Waals surface area contributed by atoms with E-state index in [1.165, 1.54) is 23.1 Å². The predicted octanol–water partition coefficient (Wildman–Crippen LogP) is 2.33. The van der Waals surface area contributed by atoms with Crippen LogP contribution in [-0.2, 0) is 22.4 Å². The molecule has 5 nitrogen and oxygen atoms in total. The van der Waals surface area contributed by atoms with Gasteiger partial charge in [-0.2, -0.15) is 0 Å². The number of anilines is 2. The third-order valence-electron chi connectivity index (χ3n) is 4.08. The lowest BCUT2D eigenvalue weighted by Gasteiger charge is -2.24. The highest BCUT2D eigenvalue weighted by Crippen LogP contribution is 2.35. The molecular formula is C18H18N2O3. The van der Waals surface area contributed by atoms with E-state index in [1.54, 1.807) is 24.3 Å². The Morgan fingerprint density at radius 3 is 2.57 bits per heavy atom. The van der Waals surface area contributed by atoms with Crippen molar-refractivity contribution in [2.24, 2.45) is 5.73 Å². The molecule has 2 aromatic rings. The molecule has 0 radical (unpaired) electrons. The van der Waals surface area contributed by atoms with Crippen molar-refractivity contribution in [2.45, 2.75) is 19.3 Å². The Bertz CT molecular complexity index is 771. The molecule has 3 rings (SSSR count). The lowest BCUT2D eigenvalue weighted by Crippen LogP contribution is -2.37. The molecule has 1 aliphatic rings. The fourth-order valence-corrected chi connectivity index (χ4v) is 2.99. The predicted molar refractivity (Wildman–Crippen MR) is 87.8 cm³/mol. The van der Waals surface area contributed by atoms with Crippen LogP contribution in [-0.4, -0.2) is 18.9 Å². The van der Waals surface area contributed by atoms with Crippen molar-refractivity contribution in [3.8, 4) is 5.75 Å². The molecule has 0 fully saturated rings. The summed E-state index contributed by atoms with van der Waals surface area (Å²) >= 11 is 0. The number of nitrogens with two attached hydrogens (primary N) is 1. The monoisotopic (exact) mass is 310 g/mol. The average molecular weight is 310 g/mol. The number of nitrogens with zero attached hydrogens (tertiary/aromatic N) is 1. The smallest absolute Gasteiger partial charge is 0.320 e. The van der Waals surface area contributed by atoms with Crippen molar-refractivity contribution in [1.29, 1.82) is 0 Å². The molecule has 0 unspecified atom stereocenters. The number of amides is 2. The molecule has 2 amide bonds. The van der Waals surface area contributed by atoms with Crippen LogP contribution in [0.1, 0.15) is 17.5 Å². The summed E-state index contributed by atoms with van der Waals surface area (Å²) in [6.45, 7) is 0. The summed E-state index contributed by atoms with van der Waals surface area (Å²) in [5.41, 5.74) is 8.87. The zero-order valence-corrected chi connectivity index (χ0v) is 12.9. The van der Waals surface area contributed by atoms with Gasteiger partial charge in [-0.1, -0.05) is 18.2 Å². The van der Waals surface area contributed by atoms with Crippen molar-refractivity contribution >= 4 is 23.2 Å². The Hall–Kier alpha value is -2.82. The van der Waals surface area contributed by atoms with Gasteiger partial charge in [0.15, 0.2) is 0 Å². The van der Waals surface area contributed by atoms with Gasteiger partial charge < -0.3 is 10.5 Å². The normalized spacial score (nSPS) is 12.6. The third-order valence-corrected chi connectivity index (χ3v) is 4.08. The molecule has 5 heteroatoms. The first-order valence-electron chi connectivity index (χ1n) is 7.50. The van der Waals surface area contributed by atoms with Crippen LogP contribution in [0.2, 0.25) is 0 Å². The topological polar surface area (TPSA) is 72.6 Å². The van der Waals surface area contributed by atoms with E-state index >= 15 is 0 Å². The van der Waals surface area contributed by atoms with Crippen LogP contribution in [0.15, 0.2) is 42.5 Å². The van der Waals surface area contributed by atoms with Crippen LogP contribution >= 0.6 is 0 Å². The first-order chi connectivity index (χ1) is 11.1. The first kappa shape index (κ1) is 15.1. The number of rotatable bonds is 3. The Morgan fingerprint density at radius 2 is 1.83 bits per heavy atom. The van der Waals surface area contributed by atoms with Gasteiger partial charge in [-0.3, -0.25) is 14.5 Å². The zero-order valence-electron chi connectivity index (χ0n) is 12.9. The van der Waals surface area contributed by atoms with Crippen molar-refractivity contribution in [3.05, 3.63) is 53.6 Å². The van der Waals surface area contributed by atoms with E-state index in [0.29, 0.717) is 17.1 Å². The lowest BCUT2D eigenvalue weighted by molar-refractivity contribution is -0.135. The third kappa shape index (κ3) is 2.77. The largest absolute Gasteiger partial charge is 0.495 e. The Balaban J connectivity index is 2.13. The number of hydrogen-bond acceptors (Lipinski definition) is 3. The molecule has 23 heavy (non-hydrogen) atoms. The molecule has 0 saturated heterocycles. The number of ether oxygens (including phenoxy) is 1. The second-order valence-electron chi connectivity index (χ2n) is 5.48. The first-order valence-corrected chi connectivity index (χ1v) is 7.50. The second-order valence-corrected chi connectivity index (χ2v) is 5.48. The SMILES string of the molecule is COc1ccccc1N(C(=O)C(N)=O)c1ccc2c(c1)CCC2. The minimum absolute atomic E-state index is 0.497. The van der Waals surface area contributed by atoms with Crippen LogP contribution in [0.25, 0.3) is 0 Å². The van der Waals surface area contributed by atoms with Gasteiger partial charge >= 0.3 is 11.8 Å². The van der Waals surface area contributed by atoms with Crippen LogP contribution in [0.4, 0.5) is 11.4 Å². The van der Waals surface area contributed by atoms with Gasteiger partial charge in [-0.25, -0.2) is 0 Å². The number of aryl methyl sites for hydroxylation is 2. The van der Waals surface area contributed by atoms with Gasteiger partial charge in [0.2, 0.25) is 0 Å². The second kappa shape index (κ2) is 6.12. The molecule has 0 aromatic heterocycles. The number of fused-ring (bicyclic) bond motifs is 1. The highest BCUT2D eigenvalue weighted by atomic mass is 16.5. The molecule has 2 aromatic carbocycles. The molecule has 118 valence electrons. The molecule has 0 atom stereocenters. The summed E-state index contributed by atoms with van der Waals surface area (Å²) in [4.78, 5) is 25.2. The number of carbonyl (C=O) groups is 2. The molecule has 0 spiro atoms. The maximum Gasteiger partial charge on any atom is 0.320 e. The van der Waals surface area contributed by atoms with Crippen LogP contribution < -0.4 is 15.4 Å². The van der Waals surface area contributed by atoms with Crippen LogP contribution in [0.3, 0.4) is 0 Å². The van der Waals surface area contributed by atoms with E-state index in [1.807, 2.05) is 18.2 Å². The average Bonchev–Trinajstić information content (AvgIpc) is 3.03. The molecule has 2 N–H and O–H groups in total. The standard InChI is InChI=1S/C18H18N2O3/c1-23-16-8-3-2-7-15(16)20(18(22)17(19)21)14-10-9-12-5-4-6-13(12)11-14/h2-3,7-11H,4-6H2,1H3,(H2,19,21). The molecule has 0 aliphatic heterocycles. The van der Waals surface area contributed by atoms with Gasteiger partial charge in [0.25, 0.3) is 0 Å². The van der Waals surface area contributed by atoms with E-state index in [0.717, 1.165) is 19.3 Å². The Kier molecular flexibility index (Phi) is 4.02. The number of carbonyl (C=O) groups excluding carboxylic acids is 2. The van der Waals surface area contributed by atoms with E-state index in [4.69, 9.17) is 10.5 Å². The number of primary amides is 1. The zero-order chi connectivity index (χ0) is 16.4. The summed E-state index contributed by atoms with van der Waals surface area (Å²) in [6.07, 6.45) is 3.14. The molecular weight excluding hydrogens is 292 g/mol. The molecule has 0 saturated carbocycles. The van der Waals surface area contributed by atoms with E-state index in [-0.39, 0.29) is 0 Å². The molecule has 0 heterocycles. The summed E-state index contributed by atoms with van der Waals surface area (Å²) < 4.78 is 5.32. The quantitative estimate of drug-likeness (QED) is 0.884. The van der Waals surface area contributed by atoms with E-state index < -0.39 is 11.8 Å². The number of benzene rings is 2. The van der Waals surface area contributed by atoms with Gasteiger partial charge in [-0.15, -0.1) is 0 Å². The van der Waals surface area contributed by atoms with Gasteiger partial charge in [0.1, 0.15) is 5.75 Å². The van der Waals surface area contributed by atoms with E-state index in [2.05, 4.69) is 0 Å². The maximum atomic E-state index is 12.4. The number of methoxy groups -OCH3 is 1. The van der Waals surface area contributed by atoms with Gasteiger partial charge in [0.05, 0.1) is 12.8 Å².